The summed E-state index contributed by atoms with van der Waals surface area (Å²) in [7, 11) is 0. The van der Waals surface area contributed by atoms with Crippen LogP contribution in [0.3, 0.4) is 0 Å². The Morgan fingerprint density at radius 3 is 2.29 bits per heavy atom. The topological polar surface area (TPSA) is 66.9 Å². The Labute approximate surface area is 138 Å². The Balaban J connectivity index is 1.75. The zero-order valence-electron chi connectivity index (χ0n) is 13.0. The van der Waals surface area contributed by atoms with Gasteiger partial charge in [0.2, 0.25) is 0 Å². The number of carbonyl (C=O) groups is 1. The lowest BCUT2D eigenvalue weighted by Crippen LogP contribution is -2.00. The first-order valence-electron chi connectivity index (χ1n) is 7.33. The number of hydrogen-bond donors (Lipinski definition) is 2. The van der Waals surface area contributed by atoms with Gasteiger partial charge in [-0.25, -0.2) is 14.4 Å². The Morgan fingerprint density at radius 1 is 0.958 bits per heavy atom. The van der Waals surface area contributed by atoms with Gasteiger partial charge in [0.05, 0.1) is 5.69 Å². The van der Waals surface area contributed by atoms with Crippen molar-refractivity contribution in [2.75, 3.05) is 10.6 Å². The molecular weight excluding hydrogens is 307 g/mol. The molecule has 1 aromatic heterocycles. The second-order valence-electron chi connectivity index (χ2n) is 5.15. The van der Waals surface area contributed by atoms with E-state index in [0.29, 0.717) is 22.9 Å². The minimum absolute atomic E-state index is 0.0139. The van der Waals surface area contributed by atoms with Crippen LogP contribution in [0, 0.1) is 5.82 Å². The molecule has 5 nitrogen and oxygen atoms in total. The zero-order chi connectivity index (χ0) is 16.9. The Morgan fingerprint density at radius 2 is 1.62 bits per heavy atom. The van der Waals surface area contributed by atoms with E-state index in [0.717, 1.165) is 5.69 Å². The number of halogens is 1. The summed E-state index contributed by atoms with van der Waals surface area (Å²) >= 11 is 0. The van der Waals surface area contributed by atoms with Gasteiger partial charge in [-0.1, -0.05) is 12.1 Å². The third-order valence-corrected chi connectivity index (χ3v) is 3.37. The summed E-state index contributed by atoms with van der Waals surface area (Å²) in [5.74, 6) is 0.683. The van der Waals surface area contributed by atoms with E-state index >= 15 is 0 Å². The van der Waals surface area contributed by atoms with Gasteiger partial charge in [0, 0.05) is 17.3 Å². The van der Waals surface area contributed by atoms with Crippen LogP contribution in [0.4, 0.5) is 27.4 Å². The maximum absolute atomic E-state index is 13.7. The molecule has 1 heterocycles. The molecule has 0 aliphatic heterocycles. The highest BCUT2D eigenvalue weighted by Crippen LogP contribution is 2.21. The lowest BCUT2D eigenvalue weighted by molar-refractivity contribution is 0.101. The van der Waals surface area contributed by atoms with Crippen LogP contribution < -0.4 is 10.6 Å². The maximum atomic E-state index is 13.7. The summed E-state index contributed by atoms with van der Waals surface area (Å²) in [6.45, 7) is 1.52. The van der Waals surface area contributed by atoms with Gasteiger partial charge in [0.1, 0.15) is 23.8 Å². The van der Waals surface area contributed by atoms with Gasteiger partial charge >= 0.3 is 0 Å². The fourth-order valence-corrected chi connectivity index (χ4v) is 2.13. The fraction of sp³-hybridized carbons (Fsp3) is 0.0556. The standard InChI is InChI=1S/C18H15FN4O/c1-12(24)13-6-8-14(9-7-13)22-17-10-18(21-11-20-17)23-16-5-3-2-4-15(16)19/h2-11H,1H3,(H2,20,21,22,23). The van der Waals surface area contributed by atoms with Crippen molar-refractivity contribution in [2.24, 2.45) is 0 Å². The molecule has 0 bridgehead atoms. The van der Waals surface area contributed by atoms with Crippen molar-refractivity contribution in [1.82, 2.24) is 9.97 Å². The van der Waals surface area contributed by atoms with E-state index in [1.807, 2.05) is 0 Å². The summed E-state index contributed by atoms with van der Waals surface area (Å²) in [6, 6.07) is 15.1. The highest BCUT2D eigenvalue weighted by molar-refractivity contribution is 5.94. The van der Waals surface area contributed by atoms with E-state index in [4.69, 9.17) is 0 Å². The summed E-state index contributed by atoms with van der Waals surface area (Å²) in [5.41, 5.74) is 1.77. The number of nitrogens with zero attached hydrogens (tertiary/aromatic N) is 2. The van der Waals surface area contributed by atoms with E-state index in [2.05, 4.69) is 20.6 Å². The smallest absolute Gasteiger partial charge is 0.159 e. The van der Waals surface area contributed by atoms with Gasteiger partial charge in [0.15, 0.2) is 5.78 Å². The normalized spacial score (nSPS) is 10.2. The third-order valence-electron chi connectivity index (χ3n) is 3.37. The predicted octanol–water partition coefficient (Wildman–Crippen LogP) is 4.31. The number of rotatable bonds is 5. The van der Waals surface area contributed by atoms with Crippen molar-refractivity contribution in [3.63, 3.8) is 0 Å². The maximum Gasteiger partial charge on any atom is 0.159 e. The van der Waals surface area contributed by atoms with Crippen molar-refractivity contribution >= 4 is 28.8 Å². The average molecular weight is 322 g/mol. The summed E-state index contributed by atoms with van der Waals surface area (Å²) in [5, 5.41) is 6.03. The first-order chi connectivity index (χ1) is 11.6. The van der Waals surface area contributed by atoms with Gasteiger partial charge in [0.25, 0.3) is 0 Å². The number of anilines is 4. The van der Waals surface area contributed by atoms with Crippen LogP contribution in [0.25, 0.3) is 0 Å². The average Bonchev–Trinajstić information content (AvgIpc) is 2.58. The molecule has 0 spiro atoms. The molecule has 0 amide bonds. The molecular formula is C18H15FN4O. The first-order valence-corrected chi connectivity index (χ1v) is 7.33. The lowest BCUT2D eigenvalue weighted by atomic mass is 10.1. The van der Waals surface area contributed by atoms with Crippen LogP contribution >= 0.6 is 0 Å². The summed E-state index contributed by atoms with van der Waals surface area (Å²) < 4.78 is 13.7. The van der Waals surface area contributed by atoms with Crippen molar-refractivity contribution in [1.29, 1.82) is 0 Å². The van der Waals surface area contributed by atoms with Crippen LogP contribution in [-0.2, 0) is 0 Å². The third kappa shape index (κ3) is 3.73. The molecule has 3 rings (SSSR count). The van der Waals surface area contributed by atoms with Gasteiger partial charge < -0.3 is 10.6 Å². The predicted molar refractivity (Wildman–Crippen MR) is 91.4 cm³/mol. The number of carbonyl (C=O) groups excluding carboxylic acids is 1. The lowest BCUT2D eigenvalue weighted by Gasteiger charge is -2.09. The Bertz CT molecular complexity index is 865. The second kappa shape index (κ2) is 6.87. The second-order valence-corrected chi connectivity index (χ2v) is 5.15. The molecule has 0 saturated carbocycles. The molecule has 0 aliphatic carbocycles. The highest BCUT2D eigenvalue weighted by atomic mass is 19.1. The molecule has 0 fully saturated rings. The summed E-state index contributed by atoms with van der Waals surface area (Å²) in [4.78, 5) is 19.5. The largest absolute Gasteiger partial charge is 0.340 e. The van der Waals surface area contributed by atoms with Crippen molar-refractivity contribution in [2.45, 2.75) is 6.92 Å². The molecule has 0 atom stereocenters. The SMILES string of the molecule is CC(=O)c1ccc(Nc2cc(Nc3ccccc3F)ncn2)cc1. The van der Waals surface area contributed by atoms with Crippen LogP contribution in [-0.4, -0.2) is 15.8 Å². The monoisotopic (exact) mass is 322 g/mol. The highest BCUT2D eigenvalue weighted by Gasteiger charge is 2.04. The van der Waals surface area contributed by atoms with Gasteiger partial charge in [-0.2, -0.15) is 0 Å². The Hall–Kier alpha value is -3.28. The number of hydrogen-bond acceptors (Lipinski definition) is 5. The molecule has 2 aromatic carbocycles. The first kappa shape index (κ1) is 15.6. The molecule has 0 radical (unpaired) electrons. The van der Waals surface area contributed by atoms with E-state index in [9.17, 15) is 9.18 Å². The molecule has 3 aromatic rings. The fourth-order valence-electron chi connectivity index (χ4n) is 2.13. The van der Waals surface area contributed by atoms with Crippen molar-refractivity contribution in [3.8, 4) is 0 Å². The minimum atomic E-state index is -0.356. The van der Waals surface area contributed by atoms with Crippen LogP contribution in [0.1, 0.15) is 17.3 Å². The minimum Gasteiger partial charge on any atom is -0.340 e. The van der Waals surface area contributed by atoms with Crippen LogP contribution in [0.15, 0.2) is 60.9 Å². The molecule has 6 heteroatoms. The molecule has 0 unspecified atom stereocenters. The molecule has 120 valence electrons. The Kier molecular flexibility index (Phi) is 4.47. The van der Waals surface area contributed by atoms with E-state index < -0.39 is 0 Å². The van der Waals surface area contributed by atoms with E-state index in [1.165, 1.54) is 19.3 Å². The molecule has 2 N–H and O–H groups in total. The van der Waals surface area contributed by atoms with Gasteiger partial charge in [-0.15, -0.1) is 0 Å². The van der Waals surface area contributed by atoms with Crippen molar-refractivity contribution < 1.29 is 9.18 Å². The molecule has 24 heavy (non-hydrogen) atoms. The number of nitrogens with one attached hydrogen (secondary N) is 2. The number of benzene rings is 2. The summed E-state index contributed by atoms with van der Waals surface area (Å²) in [6.07, 6.45) is 1.38. The van der Waals surface area contributed by atoms with Gasteiger partial charge in [-0.05, 0) is 43.3 Å². The number of para-hydroxylation sites is 1. The van der Waals surface area contributed by atoms with E-state index in [1.54, 1.807) is 48.5 Å². The molecule has 0 aliphatic rings. The number of Topliss-reactive ketones (excluding diaryl/α,β-unsaturated/α-hetero) is 1. The number of ketones is 1. The zero-order valence-corrected chi connectivity index (χ0v) is 13.0. The van der Waals surface area contributed by atoms with E-state index in [-0.39, 0.29) is 11.6 Å². The van der Waals surface area contributed by atoms with Crippen LogP contribution in [0.5, 0.6) is 0 Å². The molecule has 0 saturated heterocycles. The van der Waals surface area contributed by atoms with Crippen molar-refractivity contribution in [3.05, 3.63) is 72.3 Å². The van der Waals surface area contributed by atoms with Crippen LogP contribution in [0.2, 0.25) is 0 Å². The quantitative estimate of drug-likeness (QED) is 0.685. The number of aromatic nitrogens is 2. The van der Waals surface area contributed by atoms with Gasteiger partial charge in [-0.3, -0.25) is 4.79 Å².